The highest BCUT2D eigenvalue weighted by Crippen LogP contribution is 2.21. The molecular weight excluding hydrogens is 207 g/mol. The van der Waals surface area contributed by atoms with Gasteiger partial charge in [-0.1, -0.05) is 24.3 Å². The highest BCUT2D eigenvalue weighted by atomic mass is 19.1. The largest absolute Gasteiger partial charge is 0.421 e. The van der Waals surface area contributed by atoms with Gasteiger partial charge < -0.3 is 4.42 Å². The van der Waals surface area contributed by atoms with Crippen molar-refractivity contribution < 1.29 is 8.81 Å². The standard InChI is InChI=1S/C13H7FO2/c14-11-6-10-5-8-3-1-2-4-9(8)7-12(10)16-13(11)15/h1-7H. The summed E-state index contributed by atoms with van der Waals surface area (Å²) in [6.07, 6.45) is 0. The lowest BCUT2D eigenvalue weighted by Gasteiger charge is -2.00. The van der Waals surface area contributed by atoms with E-state index in [9.17, 15) is 9.18 Å². The maximum atomic E-state index is 13.0. The summed E-state index contributed by atoms with van der Waals surface area (Å²) >= 11 is 0. The molecule has 16 heavy (non-hydrogen) atoms. The van der Waals surface area contributed by atoms with Crippen LogP contribution in [0, 0.1) is 5.82 Å². The van der Waals surface area contributed by atoms with Crippen LogP contribution in [0.5, 0.6) is 0 Å². The monoisotopic (exact) mass is 214 g/mol. The molecule has 0 spiro atoms. The molecule has 1 aromatic heterocycles. The summed E-state index contributed by atoms with van der Waals surface area (Å²) < 4.78 is 17.9. The van der Waals surface area contributed by atoms with Crippen molar-refractivity contribution >= 4 is 21.7 Å². The SMILES string of the molecule is O=c1oc2cc3ccccc3cc2cc1F. The summed E-state index contributed by atoms with van der Waals surface area (Å²) in [5, 5.41) is 2.55. The molecule has 78 valence electrons. The smallest absolute Gasteiger partial charge is 0.372 e. The van der Waals surface area contributed by atoms with Gasteiger partial charge in [-0.3, -0.25) is 0 Å². The number of fused-ring (bicyclic) bond motifs is 2. The first-order chi connectivity index (χ1) is 7.74. The zero-order valence-corrected chi connectivity index (χ0v) is 8.24. The first-order valence-electron chi connectivity index (χ1n) is 4.86. The first kappa shape index (κ1) is 9.09. The molecule has 0 atom stereocenters. The van der Waals surface area contributed by atoms with E-state index in [2.05, 4.69) is 0 Å². The van der Waals surface area contributed by atoms with Crippen LogP contribution in [0.2, 0.25) is 0 Å². The van der Waals surface area contributed by atoms with Crippen molar-refractivity contribution in [2.24, 2.45) is 0 Å². The molecule has 0 aliphatic heterocycles. The van der Waals surface area contributed by atoms with Crippen molar-refractivity contribution in [3.05, 3.63) is 58.7 Å². The van der Waals surface area contributed by atoms with E-state index in [1.54, 1.807) is 12.1 Å². The predicted molar refractivity (Wildman–Crippen MR) is 59.9 cm³/mol. The number of benzene rings is 2. The molecule has 0 saturated carbocycles. The minimum absolute atomic E-state index is 0.408. The van der Waals surface area contributed by atoms with E-state index in [0.717, 1.165) is 10.8 Å². The van der Waals surface area contributed by atoms with Gasteiger partial charge in [0.25, 0.3) is 0 Å². The second-order valence-electron chi connectivity index (χ2n) is 3.62. The molecule has 0 aliphatic rings. The molecule has 0 unspecified atom stereocenters. The highest BCUT2D eigenvalue weighted by molar-refractivity contribution is 5.95. The molecule has 0 saturated heterocycles. The predicted octanol–water partition coefficient (Wildman–Crippen LogP) is 3.09. The van der Waals surface area contributed by atoms with Crippen LogP contribution in [0.4, 0.5) is 4.39 Å². The fourth-order valence-corrected chi connectivity index (χ4v) is 1.78. The Bertz CT molecular complexity index is 744. The molecule has 0 amide bonds. The average Bonchev–Trinajstić information content (AvgIpc) is 2.28. The molecular formula is C13H7FO2. The molecule has 0 radical (unpaired) electrons. The zero-order chi connectivity index (χ0) is 11.1. The number of rotatable bonds is 0. The number of hydrogen-bond donors (Lipinski definition) is 0. The average molecular weight is 214 g/mol. The van der Waals surface area contributed by atoms with Crippen LogP contribution in [-0.4, -0.2) is 0 Å². The van der Waals surface area contributed by atoms with Crippen LogP contribution in [-0.2, 0) is 0 Å². The van der Waals surface area contributed by atoms with Gasteiger partial charge in [-0.15, -0.1) is 0 Å². The fourth-order valence-electron chi connectivity index (χ4n) is 1.78. The molecule has 0 fully saturated rings. The van der Waals surface area contributed by atoms with E-state index < -0.39 is 11.4 Å². The third-order valence-electron chi connectivity index (χ3n) is 2.56. The zero-order valence-electron chi connectivity index (χ0n) is 8.24. The number of halogens is 1. The maximum Gasteiger partial charge on any atom is 0.372 e. The third-order valence-corrected chi connectivity index (χ3v) is 2.56. The quantitative estimate of drug-likeness (QED) is 0.425. The molecule has 3 aromatic rings. The van der Waals surface area contributed by atoms with Crippen LogP contribution in [0.1, 0.15) is 0 Å². The van der Waals surface area contributed by atoms with Crippen LogP contribution in [0.3, 0.4) is 0 Å². The fraction of sp³-hybridized carbons (Fsp3) is 0. The van der Waals surface area contributed by atoms with E-state index in [1.165, 1.54) is 6.07 Å². The van der Waals surface area contributed by atoms with Crippen LogP contribution >= 0.6 is 0 Å². The molecule has 0 bridgehead atoms. The van der Waals surface area contributed by atoms with Crippen LogP contribution in [0.15, 0.2) is 51.7 Å². The summed E-state index contributed by atoms with van der Waals surface area (Å²) in [5.74, 6) is -0.859. The molecule has 1 heterocycles. The van der Waals surface area contributed by atoms with Gasteiger partial charge in [0, 0.05) is 5.39 Å². The molecule has 2 aromatic carbocycles. The van der Waals surface area contributed by atoms with Gasteiger partial charge in [0.2, 0.25) is 5.82 Å². The van der Waals surface area contributed by atoms with E-state index in [0.29, 0.717) is 11.0 Å². The van der Waals surface area contributed by atoms with Gasteiger partial charge in [-0.25, -0.2) is 4.79 Å². The van der Waals surface area contributed by atoms with Gasteiger partial charge in [0.05, 0.1) is 0 Å². The van der Waals surface area contributed by atoms with E-state index >= 15 is 0 Å². The van der Waals surface area contributed by atoms with Crippen molar-refractivity contribution in [2.75, 3.05) is 0 Å². The topological polar surface area (TPSA) is 30.2 Å². The lowest BCUT2D eigenvalue weighted by molar-refractivity contribution is 0.487. The molecule has 3 heteroatoms. The van der Waals surface area contributed by atoms with Gasteiger partial charge in [-0.2, -0.15) is 4.39 Å². The van der Waals surface area contributed by atoms with Gasteiger partial charge in [0.1, 0.15) is 5.58 Å². The van der Waals surface area contributed by atoms with E-state index in [4.69, 9.17) is 4.42 Å². The maximum absolute atomic E-state index is 13.0. The van der Waals surface area contributed by atoms with Crippen molar-refractivity contribution in [2.45, 2.75) is 0 Å². The van der Waals surface area contributed by atoms with Gasteiger partial charge in [0.15, 0.2) is 0 Å². The molecule has 3 rings (SSSR count). The summed E-state index contributed by atoms with van der Waals surface area (Å²) in [5.41, 5.74) is -0.520. The first-order valence-corrected chi connectivity index (χ1v) is 4.86. The summed E-state index contributed by atoms with van der Waals surface area (Å²) in [4.78, 5) is 11.0. The van der Waals surface area contributed by atoms with Gasteiger partial charge >= 0.3 is 5.63 Å². The molecule has 0 aliphatic carbocycles. The Morgan fingerprint density at radius 3 is 2.38 bits per heavy atom. The van der Waals surface area contributed by atoms with Crippen molar-refractivity contribution in [3.8, 4) is 0 Å². The Labute approximate surface area is 89.9 Å². The summed E-state index contributed by atoms with van der Waals surface area (Å²) in [6, 6.07) is 12.4. The minimum Gasteiger partial charge on any atom is -0.421 e. The number of hydrogen-bond acceptors (Lipinski definition) is 2. The van der Waals surface area contributed by atoms with E-state index in [-0.39, 0.29) is 0 Å². The second-order valence-corrected chi connectivity index (χ2v) is 3.62. The van der Waals surface area contributed by atoms with Crippen LogP contribution < -0.4 is 5.63 Å². The Morgan fingerprint density at radius 1 is 0.938 bits per heavy atom. The van der Waals surface area contributed by atoms with Crippen LogP contribution in [0.25, 0.3) is 21.7 Å². The lowest BCUT2D eigenvalue weighted by Crippen LogP contribution is -2.02. The Hall–Kier alpha value is -2.16. The van der Waals surface area contributed by atoms with Crippen molar-refractivity contribution in [1.29, 1.82) is 0 Å². The molecule has 0 N–H and O–H groups in total. The van der Waals surface area contributed by atoms with E-state index in [1.807, 2.05) is 24.3 Å². The molecule has 2 nitrogen and oxygen atoms in total. The normalized spacial score (nSPS) is 11.1. The Kier molecular flexibility index (Phi) is 1.80. The van der Waals surface area contributed by atoms with Crippen molar-refractivity contribution in [3.63, 3.8) is 0 Å². The van der Waals surface area contributed by atoms with Gasteiger partial charge in [-0.05, 0) is 29.0 Å². The Balaban J connectivity index is 2.51. The second kappa shape index (κ2) is 3.17. The minimum atomic E-state index is -0.928. The summed E-state index contributed by atoms with van der Waals surface area (Å²) in [7, 11) is 0. The Morgan fingerprint density at radius 2 is 1.62 bits per heavy atom. The third kappa shape index (κ3) is 1.29. The highest BCUT2D eigenvalue weighted by Gasteiger charge is 2.05. The summed E-state index contributed by atoms with van der Waals surface area (Å²) in [6.45, 7) is 0. The van der Waals surface area contributed by atoms with Crippen molar-refractivity contribution in [1.82, 2.24) is 0 Å². The lowest BCUT2D eigenvalue weighted by atomic mass is 10.1.